The second kappa shape index (κ2) is 6.49. The van der Waals surface area contributed by atoms with Crippen molar-refractivity contribution >= 4 is 29.1 Å². The highest BCUT2D eigenvalue weighted by atomic mass is 35.5. The van der Waals surface area contributed by atoms with Gasteiger partial charge in [-0.3, -0.25) is 4.79 Å². The Balaban J connectivity index is 1.97. The molecule has 0 aromatic carbocycles. The smallest absolute Gasteiger partial charge is 0.309 e. The number of carbonyl (C=O) groups excluding carboxylic acids is 1. The summed E-state index contributed by atoms with van der Waals surface area (Å²) in [5, 5.41) is 18.4. The Hall–Kier alpha value is -1.60. The molecule has 0 radical (unpaired) electrons. The van der Waals surface area contributed by atoms with Crippen LogP contribution in [0.2, 0.25) is 5.15 Å². The number of nitrogen functional groups attached to an aromatic ring is 1. The molecule has 128 valence electrons. The van der Waals surface area contributed by atoms with E-state index in [4.69, 9.17) is 22.1 Å². The number of ether oxygens (including phenoxy) is 1. The van der Waals surface area contributed by atoms with Gasteiger partial charge in [-0.2, -0.15) is 0 Å². The molecule has 8 heteroatoms. The first-order chi connectivity index (χ1) is 10.6. The Bertz CT molecular complexity index is 581. The first kappa shape index (κ1) is 17.7. The van der Waals surface area contributed by atoms with E-state index in [1.165, 1.54) is 0 Å². The van der Waals surface area contributed by atoms with Crippen LogP contribution < -0.4 is 10.6 Å². The summed E-state index contributed by atoms with van der Waals surface area (Å²) in [5.41, 5.74) is 4.91. The Kier molecular flexibility index (Phi) is 5.01. The summed E-state index contributed by atoms with van der Waals surface area (Å²) >= 11 is 5.86. The van der Waals surface area contributed by atoms with E-state index in [9.17, 15) is 9.90 Å². The number of halogens is 1. The van der Waals surface area contributed by atoms with Crippen LogP contribution in [0.5, 0.6) is 0 Å². The first-order valence-electron chi connectivity index (χ1n) is 7.56. The van der Waals surface area contributed by atoms with E-state index in [1.54, 1.807) is 26.8 Å². The summed E-state index contributed by atoms with van der Waals surface area (Å²) in [7, 11) is 0. The average molecular weight is 343 g/mol. The van der Waals surface area contributed by atoms with Crippen molar-refractivity contribution in [2.75, 3.05) is 23.7 Å². The van der Waals surface area contributed by atoms with E-state index >= 15 is 0 Å². The molecule has 1 saturated heterocycles. The molecule has 1 aliphatic heterocycles. The van der Waals surface area contributed by atoms with E-state index in [-0.39, 0.29) is 17.5 Å². The molecule has 0 bridgehead atoms. The number of nitrogens with two attached hydrogens (primary N) is 1. The lowest BCUT2D eigenvalue weighted by molar-refractivity contribution is -0.161. The van der Waals surface area contributed by atoms with Gasteiger partial charge >= 0.3 is 5.97 Å². The number of carbonyl (C=O) groups is 1. The van der Waals surface area contributed by atoms with Gasteiger partial charge in [0.25, 0.3) is 0 Å². The van der Waals surface area contributed by atoms with Crippen LogP contribution in [0.1, 0.15) is 40.0 Å². The third-order valence-corrected chi connectivity index (χ3v) is 3.88. The normalized spacial score (nSPS) is 17.9. The van der Waals surface area contributed by atoms with Crippen LogP contribution in [0, 0.1) is 0 Å². The highest BCUT2D eigenvalue weighted by Gasteiger charge is 2.36. The number of aromatic nitrogens is 2. The van der Waals surface area contributed by atoms with Gasteiger partial charge in [-0.1, -0.05) is 11.6 Å². The predicted molar refractivity (Wildman–Crippen MR) is 88.3 cm³/mol. The van der Waals surface area contributed by atoms with Crippen LogP contribution in [0.25, 0.3) is 0 Å². The molecule has 1 fully saturated rings. The van der Waals surface area contributed by atoms with Crippen molar-refractivity contribution in [2.24, 2.45) is 0 Å². The van der Waals surface area contributed by atoms with Crippen molar-refractivity contribution in [3.05, 3.63) is 11.2 Å². The van der Waals surface area contributed by atoms with Crippen LogP contribution in [-0.2, 0) is 9.53 Å². The minimum Gasteiger partial charge on any atom is -0.460 e. The van der Waals surface area contributed by atoms with E-state index in [2.05, 4.69) is 10.2 Å². The molecule has 1 aromatic heterocycles. The third kappa shape index (κ3) is 4.94. The van der Waals surface area contributed by atoms with Crippen molar-refractivity contribution < 1.29 is 14.6 Å². The molecule has 2 heterocycles. The molecular weight excluding hydrogens is 320 g/mol. The number of anilines is 2. The molecular formula is C15H23ClN4O3. The van der Waals surface area contributed by atoms with Crippen LogP contribution in [-0.4, -0.2) is 45.6 Å². The Morgan fingerprint density at radius 3 is 2.61 bits per heavy atom. The van der Waals surface area contributed by atoms with Gasteiger partial charge in [-0.05, 0) is 33.6 Å². The zero-order valence-electron chi connectivity index (χ0n) is 13.7. The number of aliphatic hydroxyl groups is 1. The molecule has 3 N–H and O–H groups in total. The van der Waals surface area contributed by atoms with Gasteiger partial charge in [0.2, 0.25) is 0 Å². The lowest BCUT2D eigenvalue weighted by atomic mass is 9.88. The maximum absolute atomic E-state index is 11.9. The summed E-state index contributed by atoms with van der Waals surface area (Å²) in [6.45, 7) is 6.51. The molecule has 0 saturated carbocycles. The molecule has 0 amide bonds. The second-order valence-electron chi connectivity index (χ2n) is 6.91. The summed E-state index contributed by atoms with van der Waals surface area (Å²) in [4.78, 5) is 13.9. The van der Waals surface area contributed by atoms with Crippen LogP contribution in [0.15, 0.2) is 6.07 Å². The topological polar surface area (TPSA) is 102 Å². The maximum atomic E-state index is 11.9. The Labute approximate surface area is 140 Å². The van der Waals surface area contributed by atoms with E-state index in [1.807, 2.05) is 4.90 Å². The van der Waals surface area contributed by atoms with Gasteiger partial charge in [-0.25, -0.2) is 0 Å². The van der Waals surface area contributed by atoms with Crippen molar-refractivity contribution in [3.63, 3.8) is 0 Å². The fraction of sp³-hybridized carbons (Fsp3) is 0.667. The number of hydrogen-bond acceptors (Lipinski definition) is 7. The van der Waals surface area contributed by atoms with Gasteiger partial charge in [0.1, 0.15) is 5.60 Å². The zero-order chi connectivity index (χ0) is 17.3. The lowest BCUT2D eigenvalue weighted by Gasteiger charge is -2.39. The summed E-state index contributed by atoms with van der Waals surface area (Å²) < 4.78 is 5.28. The number of nitrogens with zero attached hydrogens (tertiary/aromatic N) is 3. The average Bonchev–Trinajstić information content (AvgIpc) is 2.40. The molecule has 0 atom stereocenters. The summed E-state index contributed by atoms with van der Waals surface area (Å²) in [5.74, 6) is -0.0893. The van der Waals surface area contributed by atoms with Crippen molar-refractivity contribution in [1.82, 2.24) is 10.2 Å². The fourth-order valence-corrected chi connectivity index (χ4v) is 2.75. The van der Waals surface area contributed by atoms with Gasteiger partial charge in [-0.15, -0.1) is 10.2 Å². The highest BCUT2D eigenvalue weighted by Crippen LogP contribution is 2.32. The Morgan fingerprint density at radius 1 is 1.43 bits per heavy atom. The fourth-order valence-electron chi connectivity index (χ4n) is 2.61. The van der Waals surface area contributed by atoms with E-state index in [0.717, 1.165) is 0 Å². The van der Waals surface area contributed by atoms with Crippen LogP contribution in [0.3, 0.4) is 0 Å². The third-order valence-electron chi connectivity index (χ3n) is 3.70. The quantitative estimate of drug-likeness (QED) is 0.807. The highest BCUT2D eigenvalue weighted by molar-refractivity contribution is 6.29. The van der Waals surface area contributed by atoms with Crippen LogP contribution >= 0.6 is 11.6 Å². The minimum absolute atomic E-state index is 0.0110. The number of esters is 1. The molecule has 0 unspecified atom stereocenters. The maximum Gasteiger partial charge on any atom is 0.309 e. The first-order valence-corrected chi connectivity index (χ1v) is 7.94. The molecule has 23 heavy (non-hydrogen) atoms. The van der Waals surface area contributed by atoms with Crippen molar-refractivity contribution in [1.29, 1.82) is 0 Å². The van der Waals surface area contributed by atoms with Crippen molar-refractivity contribution in [3.8, 4) is 0 Å². The monoisotopic (exact) mass is 342 g/mol. The number of rotatable bonds is 3. The molecule has 0 aliphatic carbocycles. The van der Waals surface area contributed by atoms with Gasteiger partial charge in [0.15, 0.2) is 11.0 Å². The lowest BCUT2D eigenvalue weighted by Crippen LogP contribution is -2.46. The predicted octanol–water partition coefficient (Wildman–Crippen LogP) is 1.78. The minimum atomic E-state index is -1.06. The Morgan fingerprint density at radius 2 is 2.04 bits per heavy atom. The standard InChI is InChI=1S/C15H23ClN4O3/c1-14(2,3)23-12(21)9-15(22)4-6-20(7-5-15)10-8-11(16)18-19-13(10)17/h8,22H,4-7,9H2,1-3H3,(H2,17,19). The molecule has 1 aliphatic rings. The van der Waals surface area contributed by atoms with Gasteiger partial charge in [0.05, 0.1) is 17.7 Å². The second-order valence-corrected chi connectivity index (χ2v) is 7.30. The SMILES string of the molecule is CC(C)(C)OC(=O)CC1(O)CCN(c2cc(Cl)nnc2N)CC1. The molecule has 7 nitrogen and oxygen atoms in total. The van der Waals surface area contributed by atoms with Crippen molar-refractivity contribution in [2.45, 2.75) is 51.2 Å². The molecule has 1 aromatic rings. The van der Waals surface area contributed by atoms with E-state index < -0.39 is 11.2 Å². The largest absolute Gasteiger partial charge is 0.460 e. The molecule has 2 rings (SSSR count). The summed E-state index contributed by atoms with van der Waals surface area (Å²) in [6, 6.07) is 1.65. The van der Waals surface area contributed by atoms with Crippen LogP contribution in [0.4, 0.5) is 11.5 Å². The number of hydrogen-bond donors (Lipinski definition) is 2. The summed E-state index contributed by atoms with van der Waals surface area (Å²) in [6.07, 6.45) is 0.861. The zero-order valence-corrected chi connectivity index (χ0v) is 14.4. The van der Waals surface area contributed by atoms with Gasteiger partial charge < -0.3 is 20.5 Å². The molecule has 0 spiro atoms. The van der Waals surface area contributed by atoms with Gasteiger partial charge in [0, 0.05) is 19.2 Å². The number of piperidine rings is 1. The van der Waals surface area contributed by atoms with E-state index in [0.29, 0.717) is 37.4 Å².